The van der Waals surface area contributed by atoms with Crippen molar-refractivity contribution in [3.8, 4) is 0 Å². The van der Waals surface area contributed by atoms with Crippen LogP contribution in [0.25, 0.3) is 0 Å². The third-order valence-electron chi connectivity index (χ3n) is 3.23. The molecule has 0 unspecified atom stereocenters. The minimum Gasteiger partial charge on any atom is -0.341 e. The van der Waals surface area contributed by atoms with Crippen LogP contribution in [0.4, 0.5) is 0 Å². The lowest BCUT2D eigenvalue weighted by Gasteiger charge is -2.29. The van der Waals surface area contributed by atoms with Gasteiger partial charge in [0, 0.05) is 13.1 Å². The Hall–Kier alpha value is -0.770. The molecule has 0 amide bonds. The zero-order valence-electron chi connectivity index (χ0n) is 12.4. The van der Waals surface area contributed by atoms with Gasteiger partial charge in [0.1, 0.15) is 0 Å². The Balaban J connectivity index is 2.70. The van der Waals surface area contributed by atoms with E-state index in [4.69, 9.17) is 10.8 Å². The molecule has 4 heteroatoms. The predicted octanol–water partition coefficient (Wildman–Crippen LogP) is 2.36. The molecule has 0 aliphatic heterocycles. The van der Waals surface area contributed by atoms with Crippen LogP contribution in [-0.2, 0) is 0 Å². The monoisotopic (exact) mass is 254 g/mol. The van der Waals surface area contributed by atoms with Crippen molar-refractivity contribution in [1.29, 1.82) is 0 Å². The molecule has 0 atom stereocenters. The average molecular weight is 254 g/mol. The molecule has 0 radical (unpaired) electrons. The van der Waals surface area contributed by atoms with Crippen molar-refractivity contribution in [2.75, 3.05) is 13.1 Å². The summed E-state index contributed by atoms with van der Waals surface area (Å²) in [7, 11) is 0. The van der Waals surface area contributed by atoms with Gasteiger partial charge in [0.2, 0.25) is 5.96 Å². The van der Waals surface area contributed by atoms with Crippen molar-refractivity contribution < 1.29 is 0 Å². The molecule has 1 aliphatic rings. The number of nitrogens with zero attached hydrogens (tertiary/aromatic N) is 2. The second-order valence-corrected chi connectivity index (χ2v) is 6.23. The van der Waals surface area contributed by atoms with Gasteiger partial charge >= 0.3 is 0 Å². The molecule has 0 aromatic heterocycles. The fourth-order valence-electron chi connectivity index (χ4n) is 2.55. The molecule has 18 heavy (non-hydrogen) atoms. The van der Waals surface area contributed by atoms with Crippen molar-refractivity contribution in [3.05, 3.63) is 0 Å². The Bertz CT molecular complexity index is 245. The molecule has 3 N–H and O–H groups in total. The molecule has 0 heterocycles. The minimum atomic E-state index is 0.470. The highest BCUT2D eigenvalue weighted by Gasteiger charge is 2.18. The first-order valence-corrected chi connectivity index (χ1v) is 7.32. The molecular weight excluding hydrogens is 224 g/mol. The van der Waals surface area contributed by atoms with Gasteiger partial charge in [-0.3, -0.25) is 5.43 Å². The van der Waals surface area contributed by atoms with Gasteiger partial charge in [-0.2, -0.15) is 0 Å². The summed E-state index contributed by atoms with van der Waals surface area (Å²) < 4.78 is 0. The number of hydrogen-bond donors (Lipinski definition) is 2. The van der Waals surface area contributed by atoms with E-state index in [9.17, 15) is 0 Å². The maximum absolute atomic E-state index is 5.68. The highest BCUT2D eigenvalue weighted by Crippen LogP contribution is 2.21. The number of nitrogens with two attached hydrogens (primary N) is 1. The maximum Gasteiger partial charge on any atom is 0.208 e. The van der Waals surface area contributed by atoms with Crippen molar-refractivity contribution >= 4 is 5.96 Å². The van der Waals surface area contributed by atoms with Crippen LogP contribution in [0.2, 0.25) is 0 Å². The van der Waals surface area contributed by atoms with Crippen molar-refractivity contribution in [3.63, 3.8) is 0 Å². The summed E-state index contributed by atoms with van der Waals surface area (Å²) in [5.74, 6) is 7.79. The minimum absolute atomic E-state index is 0.470. The molecule has 1 rings (SSSR count). The van der Waals surface area contributed by atoms with Crippen molar-refractivity contribution in [2.45, 2.75) is 59.4 Å². The Labute approximate surface area is 112 Å². The zero-order valence-corrected chi connectivity index (χ0v) is 12.4. The summed E-state index contributed by atoms with van der Waals surface area (Å²) in [6, 6.07) is 0.470. The van der Waals surface area contributed by atoms with Crippen molar-refractivity contribution in [1.82, 2.24) is 10.3 Å². The second-order valence-electron chi connectivity index (χ2n) is 6.23. The summed E-state index contributed by atoms with van der Waals surface area (Å²) >= 11 is 0. The van der Waals surface area contributed by atoms with Crippen LogP contribution in [0, 0.1) is 11.8 Å². The van der Waals surface area contributed by atoms with Crippen LogP contribution in [0.1, 0.15) is 53.4 Å². The third-order valence-corrected chi connectivity index (χ3v) is 3.23. The van der Waals surface area contributed by atoms with Gasteiger partial charge in [-0.1, -0.05) is 40.5 Å². The second kappa shape index (κ2) is 7.62. The number of aliphatic imine (C=N–C) groups is 1. The Kier molecular flexibility index (Phi) is 6.47. The van der Waals surface area contributed by atoms with Gasteiger partial charge < -0.3 is 4.90 Å². The molecule has 1 fully saturated rings. The predicted molar refractivity (Wildman–Crippen MR) is 78.3 cm³/mol. The first-order valence-electron chi connectivity index (χ1n) is 7.32. The van der Waals surface area contributed by atoms with E-state index in [2.05, 4.69) is 38.0 Å². The molecule has 0 saturated heterocycles. The molecule has 1 aliphatic carbocycles. The largest absolute Gasteiger partial charge is 0.341 e. The first-order chi connectivity index (χ1) is 8.52. The van der Waals surface area contributed by atoms with E-state index in [0.717, 1.165) is 19.0 Å². The van der Waals surface area contributed by atoms with Crippen LogP contribution in [0.3, 0.4) is 0 Å². The fourth-order valence-corrected chi connectivity index (χ4v) is 2.55. The van der Waals surface area contributed by atoms with E-state index in [1.54, 1.807) is 0 Å². The highest BCUT2D eigenvalue weighted by molar-refractivity contribution is 5.79. The molecular formula is C14H30N4. The standard InChI is InChI=1S/C14H30N4/c1-11(2)9-18(10-12(3)4)14(17-15)16-13-7-5-6-8-13/h11-13H,5-10,15H2,1-4H3,(H,16,17). The van der Waals surface area contributed by atoms with Crippen LogP contribution >= 0.6 is 0 Å². The molecule has 1 saturated carbocycles. The number of rotatable bonds is 5. The topological polar surface area (TPSA) is 53.6 Å². The molecule has 0 aromatic rings. The number of nitrogens with one attached hydrogen (secondary N) is 1. The smallest absolute Gasteiger partial charge is 0.208 e. The number of hydrazine groups is 1. The summed E-state index contributed by atoms with van der Waals surface area (Å²) in [6.45, 7) is 10.9. The Morgan fingerprint density at radius 3 is 2.06 bits per heavy atom. The number of hydrogen-bond acceptors (Lipinski definition) is 2. The van der Waals surface area contributed by atoms with Crippen LogP contribution in [-0.4, -0.2) is 30.0 Å². The molecule has 4 nitrogen and oxygen atoms in total. The normalized spacial score (nSPS) is 17.8. The van der Waals surface area contributed by atoms with Gasteiger partial charge in [-0.15, -0.1) is 0 Å². The Morgan fingerprint density at radius 1 is 1.17 bits per heavy atom. The van der Waals surface area contributed by atoms with Crippen molar-refractivity contribution in [2.24, 2.45) is 22.7 Å². The molecule has 0 aromatic carbocycles. The zero-order chi connectivity index (χ0) is 13.5. The SMILES string of the molecule is CC(C)CN(CC(C)C)C(=NC1CCCC1)NN. The van der Waals surface area contributed by atoms with Gasteiger partial charge in [-0.05, 0) is 24.7 Å². The fraction of sp³-hybridized carbons (Fsp3) is 0.929. The van der Waals surface area contributed by atoms with E-state index in [-0.39, 0.29) is 0 Å². The van der Waals surface area contributed by atoms with E-state index >= 15 is 0 Å². The van der Waals surface area contributed by atoms with Crippen LogP contribution in [0.15, 0.2) is 4.99 Å². The lowest BCUT2D eigenvalue weighted by molar-refractivity contribution is 0.316. The van der Waals surface area contributed by atoms with Gasteiger partial charge in [0.25, 0.3) is 0 Å². The van der Waals surface area contributed by atoms with Gasteiger partial charge in [0.15, 0.2) is 0 Å². The number of guanidine groups is 1. The molecule has 0 bridgehead atoms. The summed E-state index contributed by atoms with van der Waals surface area (Å²) in [5, 5.41) is 0. The van der Waals surface area contributed by atoms with E-state index in [1.807, 2.05) is 0 Å². The Morgan fingerprint density at radius 2 is 1.67 bits per heavy atom. The van der Waals surface area contributed by atoms with Crippen LogP contribution in [0.5, 0.6) is 0 Å². The highest BCUT2D eigenvalue weighted by atomic mass is 15.4. The average Bonchev–Trinajstić information content (AvgIpc) is 2.76. The third kappa shape index (κ3) is 5.25. The summed E-state index contributed by atoms with van der Waals surface area (Å²) in [6.07, 6.45) is 5.03. The van der Waals surface area contributed by atoms with Gasteiger partial charge in [0.05, 0.1) is 6.04 Å². The quantitative estimate of drug-likeness (QED) is 0.343. The van der Waals surface area contributed by atoms with Gasteiger partial charge in [-0.25, -0.2) is 10.8 Å². The van der Waals surface area contributed by atoms with Crippen LogP contribution < -0.4 is 11.3 Å². The van der Waals surface area contributed by atoms with E-state index < -0.39 is 0 Å². The van der Waals surface area contributed by atoms with E-state index in [0.29, 0.717) is 17.9 Å². The maximum atomic E-state index is 5.68. The summed E-state index contributed by atoms with van der Waals surface area (Å²) in [4.78, 5) is 7.11. The summed E-state index contributed by atoms with van der Waals surface area (Å²) in [5.41, 5.74) is 2.82. The first kappa shape index (κ1) is 15.3. The van der Waals surface area contributed by atoms with E-state index in [1.165, 1.54) is 25.7 Å². The molecule has 0 spiro atoms. The molecule has 106 valence electrons. The lowest BCUT2D eigenvalue weighted by Crippen LogP contribution is -2.48. The lowest BCUT2D eigenvalue weighted by atomic mass is 10.1.